The SMILES string of the molecule is CCS(=O)(=O)CCCNCC1(CCO)CC1. The van der Waals surface area contributed by atoms with Crippen molar-refractivity contribution in [2.24, 2.45) is 5.41 Å². The predicted octanol–water partition coefficient (Wildman–Crippen LogP) is 0.563. The van der Waals surface area contributed by atoms with Crippen LogP contribution in [0.15, 0.2) is 0 Å². The summed E-state index contributed by atoms with van der Waals surface area (Å²) >= 11 is 0. The molecule has 0 aromatic heterocycles. The summed E-state index contributed by atoms with van der Waals surface area (Å²) in [5.41, 5.74) is 0.318. The van der Waals surface area contributed by atoms with Gasteiger partial charge in [0.05, 0.1) is 5.75 Å². The number of aliphatic hydroxyl groups is 1. The van der Waals surface area contributed by atoms with Crippen molar-refractivity contribution in [1.82, 2.24) is 5.32 Å². The van der Waals surface area contributed by atoms with Gasteiger partial charge in [-0.05, 0) is 37.6 Å². The Hall–Kier alpha value is -0.130. The average Bonchev–Trinajstić information content (AvgIpc) is 2.98. The molecule has 1 fully saturated rings. The number of hydrogen-bond donors (Lipinski definition) is 2. The van der Waals surface area contributed by atoms with Gasteiger partial charge >= 0.3 is 0 Å². The Kier molecular flexibility index (Phi) is 5.21. The van der Waals surface area contributed by atoms with Gasteiger partial charge < -0.3 is 10.4 Å². The van der Waals surface area contributed by atoms with Crippen LogP contribution in [-0.2, 0) is 9.84 Å². The van der Waals surface area contributed by atoms with Crippen molar-refractivity contribution in [3.8, 4) is 0 Å². The Morgan fingerprint density at radius 1 is 1.38 bits per heavy atom. The Morgan fingerprint density at radius 3 is 2.56 bits per heavy atom. The third-order valence-electron chi connectivity index (χ3n) is 3.35. The lowest BCUT2D eigenvalue weighted by molar-refractivity contribution is 0.245. The Bertz CT molecular complexity index is 296. The van der Waals surface area contributed by atoms with Crippen molar-refractivity contribution in [3.63, 3.8) is 0 Å². The zero-order chi connectivity index (χ0) is 12.1. The van der Waals surface area contributed by atoms with E-state index in [1.54, 1.807) is 6.92 Å². The van der Waals surface area contributed by atoms with Crippen molar-refractivity contribution < 1.29 is 13.5 Å². The largest absolute Gasteiger partial charge is 0.396 e. The smallest absolute Gasteiger partial charge is 0.150 e. The van der Waals surface area contributed by atoms with Crippen molar-refractivity contribution in [2.75, 3.05) is 31.2 Å². The summed E-state index contributed by atoms with van der Waals surface area (Å²) in [6, 6.07) is 0. The van der Waals surface area contributed by atoms with Gasteiger partial charge in [-0.2, -0.15) is 0 Å². The van der Waals surface area contributed by atoms with Crippen molar-refractivity contribution >= 4 is 9.84 Å². The zero-order valence-electron chi connectivity index (χ0n) is 10.0. The minimum absolute atomic E-state index is 0.238. The van der Waals surface area contributed by atoms with Crippen LogP contribution in [0.4, 0.5) is 0 Å². The molecule has 0 amide bonds. The molecule has 0 aromatic carbocycles. The molecule has 0 aromatic rings. The number of hydrogen-bond acceptors (Lipinski definition) is 4. The highest BCUT2D eigenvalue weighted by atomic mass is 32.2. The molecule has 1 aliphatic rings. The molecule has 16 heavy (non-hydrogen) atoms. The number of rotatable bonds is 9. The highest BCUT2D eigenvalue weighted by Crippen LogP contribution is 2.47. The van der Waals surface area contributed by atoms with Crippen LogP contribution < -0.4 is 5.32 Å². The van der Waals surface area contributed by atoms with Gasteiger partial charge in [0.1, 0.15) is 9.84 Å². The summed E-state index contributed by atoms with van der Waals surface area (Å²) < 4.78 is 22.4. The number of aliphatic hydroxyl groups excluding tert-OH is 1. The summed E-state index contributed by atoms with van der Waals surface area (Å²) in [6.45, 7) is 3.61. The van der Waals surface area contributed by atoms with E-state index in [0.29, 0.717) is 11.8 Å². The van der Waals surface area contributed by atoms with E-state index >= 15 is 0 Å². The van der Waals surface area contributed by atoms with Crippen LogP contribution in [0, 0.1) is 5.41 Å². The minimum atomic E-state index is -2.81. The summed E-state index contributed by atoms with van der Waals surface area (Å²) in [4.78, 5) is 0. The molecule has 1 aliphatic carbocycles. The fourth-order valence-electron chi connectivity index (χ4n) is 1.84. The molecule has 0 bridgehead atoms. The second kappa shape index (κ2) is 5.98. The van der Waals surface area contributed by atoms with Crippen LogP contribution in [-0.4, -0.2) is 44.7 Å². The first-order chi connectivity index (χ1) is 7.54. The highest BCUT2D eigenvalue weighted by molar-refractivity contribution is 7.91. The molecule has 5 heteroatoms. The first-order valence-corrected chi connectivity index (χ1v) is 7.88. The summed E-state index contributed by atoms with van der Waals surface area (Å²) in [6.07, 6.45) is 3.93. The van der Waals surface area contributed by atoms with Crippen molar-refractivity contribution in [3.05, 3.63) is 0 Å². The molecule has 0 heterocycles. The van der Waals surface area contributed by atoms with Crippen molar-refractivity contribution in [2.45, 2.75) is 32.6 Å². The third-order valence-corrected chi connectivity index (χ3v) is 5.14. The summed E-state index contributed by atoms with van der Waals surface area (Å²) in [5.74, 6) is 0.519. The molecular formula is C11H23NO3S. The Morgan fingerprint density at radius 2 is 2.06 bits per heavy atom. The van der Waals surface area contributed by atoms with E-state index in [2.05, 4.69) is 5.32 Å². The lowest BCUT2D eigenvalue weighted by atomic mass is 10.0. The van der Waals surface area contributed by atoms with E-state index in [1.807, 2.05) is 0 Å². The van der Waals surface area contributed by atoms with Crippen LogP contribution in [0.2, 0.25) is 0 Å². The van der Waals surface area contributed by atoms with Crippen LogP contribution in [0.25, 0.3) is 0 Å². The van der Waals surface area contributed by atoms with Crippen LogP contribution in [0.1, 0.15) is 32.6 Å². The Balaban J connectivity index is 2.04. The molecule has 0 radical (unpaired) electrons. The van der Waals surface area contributed by atoms with Gasteiger partial charge in [-0.15, -0.1) is 0 Å². The normalized spacial score (nSPS) is 18.6. The van der Waals surface area contributed by atoms with E-state index in [0.717, 1.165) is 19.5 Å². The van der Waals surface area contributed by atoms with E-state index in [-0.39, 0.29) is 18.1 Å². The molecule has 2 N–H and O–H groups in total. The van der Waals surface area contributed by atoms with Gasteiger partial charge in [-0.1, -0.05) is 6.92 Å². The standard InChI is InChI=1S/C11H23NO3S/c1-2-16(14,15)9-3-7-12-10-11(4-5-11)6-8-13/h12-13H,2-10H2,1H3. The van der Waals surface area contributed by atoms with Gasteiger partial charge in [0.25, 0.3) is 0 Å². The molecule has 0 saturated heterocycles. The first kappa shape index (κ1) is 13.9. The Labute approximate surface area is 98.4 Å². The summed E-state index contributed by atoms with van der Waals surface area (Å²) in [5, 5.41) is 12.2. The zero-order valence-corrected chi connectivity index (χ0v) is 10.9. The first-order valence-electron chi connectivity index (χ1n) is 6.06. The lowest BCUT2D eigenvalue weighted by Crippen LogP contribution is -2.27. The third kappa shape index (κ3) is 4.80. The molecule has 0 unspecified atom stereocenters. The van der Waals surface area contributed by atoms with E-state index < -0.39 is 9.84 Å². The second-order valence-corrected chi connectivity index (χ2v) is 7.21. The van der Waals surface area contributed by atoms with Crippen molar-refractivity contribution in [1.29, 1.82) is 0 Å². The molecule has 1 saturated carbocycles. The maximum absolute atomic E-state index is 11.2. The molecule has 96 valence electrons. The highest BCUT2D eigenvalue weighted by Gasteiger charge is 2.41. The minimum Gasteiger partial charge on any atom is -0.396 e. The van der Waals surface area contributed by atoms with E-state index in [4.69, 9.17) is 5.11 Å². The summed E-state index contributed by atoms with van der Waals surface area (Å²) in [7, 11) is -2.81. The fourth-order valence-corrected chi connectivity index (χ4v) is 2.72. The van der Waals surface area contributed by atoms with Gasteiger partial charge in [0.15, 0.2) is 0 Å². The molecule has 4 nitrogen and oxygen atoms in total. The molecule has 0 atom stereocenters. The fraction of sp³-hybridized carbons (Fsp3) is 1.00. The molecular weight excluding hydrogens is 226 g/mol. The molecule has 1 rings (SSSR count). The topological polar surface area (TPSA) is 66.4 Å². The number of sulfone groups is 1. The van der Waals surface area contributed by atoms with Crippen LogP contribution in [0.3, 0.4) is 0 Å². The molecule has 0 spiro atoms. The monoisotopic (exact) mass is 249 g/mol. The lowest BCUT2D eigenvalue weighted by Gasteiger charge is -2.14. The number of nitrogens with one attached hydrogen (secondary N) is 1. The maximum atomic E-state index is 11.2. The van der Waals surface area contributed by atoms with Crippen LogP contribution >= 0.6 is 0 Å². The second-order valence-electron chi connectivity index (χ2n) is 4.74. The predicted molar refractivity (Wildman–Crippen MR) is 65.2 cm³/mol. The molecule has 0 aliphatic heterocycles. The van der Waals surface area contributed by atoms with Crippen LogP contribution in [0.5, 0.6) is 0 Å². The van der Waals surface area contributed by atoms with E-state index in [9.17, 15) is 8.42 Å². The quantitative estimate of drug-likeness (QED) is 0.586. The van der Waals surface area contributed by atoms with Gasteiger partial charge in [-0.3, -0.25) is 0 Å². The maximum Gasteiger partial charge on any atom is 0.150 e. The average molecular weight is 249 g/mol. The van der Waals surface area contributed by atoms with Gasteiger partial charge in [0.2, 0.25) is 0 Å². The van der Waals surface area contributed by atoms with Gasteiger partial charge in [-0.25, -0.2) is 8.42 Å². The van der Waals surface area contributed by atoms with Gasteiger partial charge in [0, 0.05) is 18.9 Å². The van der Waals surface area contributed by atoms with E-state index in [1.165, 1.54) is 12.8 Å².